The summed E-state index contributed by atoms with van der Waals surface area (Å²) < 4.78 is 39.7. The summed E-state index contributed by atoms with van der Waals surface area (Å²) in [6.07, 6.45) is 5.27. The highest BCUT2D eigenvalue weighted by atomic mass is 32.2. The number of benzene rings is 1. The van der Waals surface area contributed by atoms with Gasteiger partial charge in [0.05, 0.1) is 23.2 Å². The molecule has 3 saturated heterocycles. The molecule has 3 aliphatic heterocycles. The number of likely N-dealkylation sites (tertiary alicyclic amines) is 2. The van der Waals surface area contributed by atoms with Crippen LogP contribution in [0.4, 0.5) is 4.39 Å². The third-order valence-electron chi connectivity index (χ3n) is 8.86. The van der Waals surface area contributed by atoms with Gasteiger partial charge in [0.25, 0.3) is 5.91 Å². The van der Waals surface area contributed by atoms with Crippen LogP contribution in [0.5, 0.6) is 0 Å². The molecule has 0 bridgehead atoms. The molecule has 1 aromatic heterocycles. The van der Waals surface area contributed by atoms with Crippen molar-refractivity contribution in [2.45, 2.75) is 39.0 Å². The zero-order valence-electron chi connectivity index (χ0n) is 22.5. The minimum atomic E-state index is -3.18. The third kappa shape index (κ3) is 5.77. The van der Waals surface area contributed by atoms with E-state index in [2.05, 4.69) is 14.9 Å². The summed E-state index contributed by atoms with van der Waals surface area (Å²) in [5, 5.41) is 0. The van der Waals surface area contributed by atoms with Crippen molar-refractivity contribution < 1.29 is 17.6 Å². The Balaban J connectivity index is 1.20. The molecular weight excluding hydrogens is 505 g/mol. The lowest BCUT2D eigenvalue weighted by Crippen LogP contribution is -2.39. The number of nitrogens with zero attached hydrogens (tertiary/aromatic N) is 5. The molecule has 3 aliphatic rings. The summed E-state index contributed by atoms with van der Waals surface area (Å²) in [4.78, 5) is 26.1. The van der Waals surface area contributed by atoms with Crippen molar-refractivity contribution in [3.05, 3.63) is 58.9 Å². The Morgan fingerprint density at radius 3 is 2.26 bits per heavy atom. The van der Waals surface area contributed by atoms with Crippen LogP contribution in [0.2, 0.25) is 0 Å². The van der Waals surface area contributed by atoms with Gasteiger partial charge in [0.2, 0.25) is 10.0 Å². The maximum Gasteiger partial charge on any atom is 0.257 e. The first kappa shape index (κ1) is 27.1. The van der Waals surface area contributed by atoms with Gasteiger partial charge in [-0.3, -0.25) is 4.79 Å². The van der Waals surface area contributed by atoms with Crippen LogP contribution in [0.15, 0.2) is 30.6 Å². The number of carbonyl (C=O) groups excluding carboxylic acids is 1. The quantitative estimate of drug-likeness (QED) is 0.534. The molecule has 38 heavy (non-hydrogen) atoms. The van der Waals surface area contributed by atoms with Crippen molar-refractivity contribution in [2.75, 3.05) is 52.1 Å². The Hall–Kier alpha value is -2.43. The highest BCUT2D eigenvalue weighted by Crippen LogP contribution is 2.38. The number of halogens is 1. The zero-order chi connectivity index (χ0) is 27.0. The predicted molar refractivity (Wildman–Crippen MR) is 144 cm³/mol. The van der Waals surface area contributed by atoms with Gasteiger partial charge >= 0.3 is 0 Å². The Kier molecular flexibility index (Phi) is 7.84. The maximum absolute atomic E-state index is 14.1. The van der Waals surface area contributed by atoms with Crippen LogP contribution < -0.4 is 0 Å². The molecule has 10 heteroatoms. The molecule has 0 aliphatic carbocycles. The zero-order valence-corrected chi connectivity index (χ0v) is 23.3. The van der Waals surface area contributed by atoms with E-state index in [1.165, 1.54) is 18.6 Å². The van der Waals surface area contributed by atoms with Crippen LogP contribution in [-0.2, 0) is 10.0 Å². The van der Waals surface area contributed by atoms with Gasteiger partial charge in [0.1, 0.15) is 12.1 Å². The molecule has 0 radical (unpaired) electrons. The third-order valence-corrected chi connectivity index (χ3v) is 10.2. The summed E-state index contributed by atoms with van der Waals surface area (Å²) in [5.74, 6) is 1.23. The SMILES string of the molecule is Cc1ncnc(C)c1C(=O)N1CC2CN(CC[C@H](c3cccc(F)c3)C3CCN(S(C)(=O)=O)CC3)CC2C1. The van der Waals surface area contributed by atoms with E-state index in [9.17, 15) is 17.6 Å². The molecule has 1 aromatic carbocycles. The minimum Gasteiger partial charge on any atom is -0.338 e. The van der Waals surface area contributed by atoms with Crippen molar-refractivity contribution in [3.63, 3.8) is 0 Å². The summed E-state index contributed by atoms with van der Waals surface area (Å²) in [6, 6.07) is 6.91. The molecule has 0 saturated carbocycles. The number of amides is 1. The van der Waals surface area contributed by atoms with E-state index in [0.29, 0.717) is 36.4 Å². The number of piperidine rings is 1. The van der Waals surface area contributed by atoms with Gasteiger partial charge in [-0.2, -0.15) is 0 Å². The number of aromatic nitrogens is 2. The molecule has 0 spiro atoms. The smallest absolute Gasteiger partial charge is 0.257 e. The molecule has 2 aromatic rings. The lowest BCUT2D eigenvalue weighted by Gasteiger charge is -2.36. The first-order chi connectivity index (χ1) is 18.1. The molecule has 8 nitrogen and oxygen atoms in total. The second kappa shape index (κ2) is 11.0. The lowest BCUT2D eigenvalue weighted by molar-refractivity contribution is 0.0771. The van der Waals surface area contributed by atoms with Crippen LogP contribution in [0.3, 0.4) is 0 Å². The summed E-state index contributed by atoms with van der Waals surface area (Å²) in [6.45, 7) is 9.12. The number of hydrogen-bond acceptors (Lipinski definition) is 6. The largest absolute Gasteiger partial charge is 0.338 e. The number of fused-ring (bicyclic) bond motifs is 1. The van der Waals surface area contributed by atoms with Crippen molar-refractivity contribution in [3.8, 4) is 0 Å². The highest BCUT2D eigenvalue weighted by molar-refractivity contribution is 7.88. The second-order valence-electron chi connectivity index (χ2n) is 11.4. The van der Waals surface area contributed by atoms with Crippen LogP contribution in [-0.4, -0.2) is 90.5 Å². The Labute approximate surface area is 225 Å². The first-order valence-corrected chi connectivity index (χ1v) is 15.5. The molecule has 206 valence electrons. The molecule has 1 amide bonds. The molecule has 3 atom stereocenters. The summed E-state index contributed by atoms with van der Waals surface area (Å²) in [7, 11) is -3.18. The minimum absolute atomic E-state index is 0.0353. The fourth-order valence-corrected chi connectivity index (χ4v) is 7.72. The average molecular weight is 544 g/mol. The summed E-state index contributed by atoms with van der Waals surface area (Å²) in [5.41, 5.74) is 3.10. The molecule has 0 N–H and O–H groups in total. The average Bonchev–Trinajstić information content (AvgIpc) is 3.43. The van der Waals surface area contributed by atoms with Gasteiger partial charge in [0, 0.05) is 39.3 Å². The second-order valence-corrected chi connectivity index (χ2v) is 13.3. The number of hydrogen-bond donors (Lipinski definition) is 0. The van der Waals surface area contributed by atoms with Crippen LogP contribution in [0.25, 0.3) is 0 Å². The van der Waals surface area contributed by atoms with E-state index < -0.39 is 10.0 Å². The van der Waals surface area contributed by atoms with Gasteiger partial charge in [-0.25, -0.2) is 27.1 Å². The van der Waals surface area contributed by atoms with Crippen molar-refractivity contribution >= 4 is 15.9 Å². The Morgan fingerprint density at radius 2 is 1.68 bits per heavy atom. The number of rotatable bonds is 7. The van der Waals surface area contributed by atoms with Crippen molar-refractivity contribution in [2.24, 2.45) is 17.8 Å². The summed E-state index contributed by atoms with van der Waals surface area (Å²) >= 11 is 0. The van der Waals surface area contributed by atoms with Crippen molar-refractivity contribution in [1.82, 2.24) is 24.1 Å². The van der Waals surface area contributed by atoms with Gasteiger partial charge in [0.15, 0.2) is 0 Å². The molecule has 5 rings (SSSR count). The predicted octanol–water partition coefficient (Wildman–Crippen LogP) is 3.08. The van der Waals surface area contributed by atoms with E-state index in [1.807, 2.05) is 24.8 Å². The van der Waals surface area contributed by atoms with Crippen molar-refractivity contribution in [1.29, 1.82) is 0 Å². The fourth-order valence-electron chi connectivity index (χ4n) is 6.84. The van der Waals surface area contributed by atoms with E-state index in [1.54, 1.807) is 16.4 Å². The monoisotopic (exact) mass is 543 g/mol. The van der Waals surface area contributed by atoms with Gasteiger partial charge in [-0.15, -0.1) is 0 Å². The Bertz CT molecular complexity index is 1250. The van der Waals surface area contributed by atoms with E-state index in [4.69, 9.17) is 0 Å². The first-order valence-electron chi connectivity index (χ1n) is 13.6. The maximum atomic E-state index is 14.1. The number of sulfonamides is 1. The van der Waals surface area contributed by atoms with E-state index in [-0.39, 0.29) is 17.6 Å². The van der Waals surface area contributed by atoms with Gasteiger partial charge in [-0.05, 0) is 81.0 Å². The van der Waals surface area contributed by atoms with Gasteiger partial charge < -0.3 is 9.80 Å². The molecule has 2 unspecified atom stereocenters. The fraction of sp³-hybridized carbons (Fsp3) is 0.607. The standard InChI is InChI=1S/C28H38FN5O3S/c1-19-27(20(2)31-18-30-19)28(35)33-16-23-14-32(15-24(23)17-33)10-9-26(22-5-4-6-25(29)13-22)21-7-11-34(12-8-21)38(3,36)37/h4-6,13,18,21,23-24,26H,7-12,14-17H2,1-3H3/t23?,24?,26-/m0/s1. The lowest BCUT2D eigenvalue weighted by atomic mass is 9.78. The Morgan fingerprint density at radius 1 is 1.05 bits per heavy atom. The number of carbonyl (C=O) groups is 1. The van der Waals surface area contributed by atoms with Crippen LogP contribution in [0.1, 0.15) is 52.5 Å². The topological polar surface area (TPSA) is 86.7 Å². The molecular formula is C28H38FN5O3S. The van der Waals surface area contributed by atoms with Gasteiger partial charge in [-0.1, -0.05) is 12.1 Å². The highest BCUT2D eigenvalue weighted by Gasteiger charge is 2.42. The van der Waals surface area contributed by atoms with E-state index in [0.717, 1.165) is 68.9 Å². The molecule has 4 heterocycles. The van der Waals surface area contributed by atoms with E-state index >= 15 is 0 Å². The van der Waals surface area contributed by atoms with Crippen LogP contribution in [0, 0.1) is 37.4 Å². The normalized spacial score (nSPS) is 24.1. The van der Waals surface area contributed by atoms with Crippen LogP contribution >= 0.6 is 0 Å². The number of aryl methyl sites for hydroxylation is 2. The molecule has 3 fully saturated rings.